The largest absolute Gasteiger partial charge is 0.414 e. The average Bonchev–Trinajstić information content (AvgIpc) is 2.74. The number of carbonyl (C=O) groups excluding carboxylic acids is 1. The fourth-order valence-corrected chi connectivity index (χ4v) is 2.99. The molecule has 0 radical (unpaired) electrons. The number of hydrogen-bond donors (Lipinski definition) is 2. The summed E-state index contributed by atoms with van der Waals surface area (Å²) in [6, 6.07) is 8.41. The zero-order valence-corrected chi connectivity index (χ0v) is 14.0. The molecule has 0 aliphatic heterocycles. The number of ether oxygens (including phenoxy) is 1. The number of fused-ring (bicyclic) bond motifs is 1. The van der Waals surface area contributed by atoms with Crippen LogP contribution in [0.5, 0.6) is 5.88 Å². The second-order valence-electron chi connectivity index (χ2n) is 6.18. The van der Waals surface area contributed by atoms with Gasteiger partial charge in [0.25, 0.3) is 5.88 Å². The predicted molar refractivity (Wildman–Crippen MR) is 92.0 cm³/mol. The summed E-state index contributed by atoms with van der Waals surface area (Å²) in [5.74, 6) is 0.184. The minimum Gasteiger partial charge on any atom is -0.387 e. The molecule has 1 aliphatic carbocycles. The molecular weight excluding hydrogens is 304 g/mol. The molecule has 1 unspecified atom stereocenters. The summed E-state index contributed by atoms with van der Waals surface area (Å²) >= 11 is 0. The van der Waals surface area contributed by atoms with E-state index in [0.717, 1.165) is 31.4 Å². The van der Waals surface area contributed by atoms with Crippen LogP contribution in [0.1, 0.15) is 35.4 Å². The van der Waals surface area contributed by atoms with Gasteiger partial charge in [0.2, 0.25) is 0 Å². The van der Waals surface area contributed by atoms with Crippen molar-refractivity contribution in [3.05, 3.63) is 46.8 Å². The van der Waals surface area contributed by atoms with Gasteiger partial charge in [-0.05, 0) is 50.7 Å². The molecule has 3 rings (SSSR count). The van der Waals surface area contributed by atoms with Crippen molar-refractivity contribution in [2.75, 3.05) is 5.73 Å². The molecule has 0 saturated carbocycles. The molecule has 0 saturated heterocycles. The van der Waals surface area contributed by atoms with Crippen molar-refractivity contribution in [1.82, 2.24) is 15.3 Å². The van der Waals surface area contributed by atoms with Crippen molar-refractivity contribution in [2.45, 2.75) is 45.6 Å². The number of nitrogens with one attached hydrogen (secondary N) is 1. The van der Waals surface area contributed by atoms with Crippen molar-refractivity contribution < 1.29 is 9.53 Å². The summed E-state index contributed by atoms with van der Waals surface area (Å²) in [5, 5.41) is 2.93. The SMILES string of the molecule is Cc1nc(N)c(OC(=O)NC2CCCc3ccccc3C2)nc1C. The van der Waals surface area contributed by atoms with Crippen molar-refractivity contribution in [1.29, 1.82) is 0 Å². The van der Waals surface area contributed by atoms with Gasteiger partial charge in [-0.2, -0.15) is 0 Å². The third-order valence-electron chi connectivity index (χ3n) is 4.39. The molecule has 3 N–H and O–H groups in total. The van der Waals surface area contributed by atoms with Gasteiger partial charge in [0.15, 0.2) is 5.82 Å². The summed E-state index contributed by atoms with van der Waals surface area (Å²) in [7, 11) is 0. The van der Waals surface area contributed by atoms with Crippen molar-refractivity contribution in [3.63, 3.8) is 0 Å². The first-order valence-electron chi connectivity index (χ1n) is 8.19. The van der Waals surface area contributed by atoms with Gasteiger partial charge in [0, 0.05) is 6.04 Å². The number of rotatable bonds is 2. The average molecular weight is 326 g/mol. The van der Waals surface area contributed by atoms with E-state index in [2.05, 4.69) is 33.5 Å². The van der Waals surface area contributed by atoms with Gasteiger partial charge in [-0.1, -0.05) is 24.3 Å². The molecule has 0 spiro atoms. The summed E-state index contributed by atoms with van der Waals surface area (Å²) < 4.78 is 5.26. The number of aromatic nitrogens is 2. The molecule has 0 fully saturated rings. The third kappa shape index (κ3) is 3.64. The maximum Gasteiger partial charge on any atom is 0.414 e. The number of nitrogens with zero attached hydrogens (tertiary/aromatic N) is 2. The zero-order chi connectivity index (χ0) is 17.1. The van der Waals surface area contributed by atoms with E-state index in [1.54, 1.807) is 6.92 Å². The lowest BCUT2D eigenvalue weighted by molar-refractivity contribution is 0.193. The molecule has 2 aromatic rings. The van der Waals surface area contributed by atoms with Crippen LogP contribution in [-0.4, -0.2) is 22.1 Å². The number of benzene rings is 1. The molecule has 1 aromatic heterocycles. The Hall–Kier alpha value is -2.63. The standard InChI is InChI=1S/C18H22N4O2/c1-11-12(2)21-17(16(19)20-11)24-18(23)22-15-9-5-8-13-6-3-4-7-14(13)10-15/h3-4,6-7,15H,5,8-10H2,1-2H3,(H2,19,20)(H,22,23). The summed E-state index contributed by atoms with van der Waals surface area (Å²) in [4.78, 5) is 20.5. The summed E-state index contributed by atoms with van der Waals surface area (Å²) in [6.45, 7) is 3.61. The van der Waals surface area contributed by atoms with E-state index in [1.807, 2.05) is 13.0 Å². The normalized spacial score (nSPS) is 16.8. The number of nitrogen functional groups attached to an aromatic ring is 1. The van der Waals surface area contributed by atoms with E-state index in [1.165, 1.54) is 11.1 Å². The highest BCUT2D eigenvalue weighted by Gasteiger charge is 2.20. The monoisotopic (exact) mass is 326 g/mol. The van der Waals surface area contributed by atoms with E-state index in [0.29, 0.717) is 5.69 Å². The molecular formula is C18H22N4O2. The Kier molecular flexibility index (Phi) is 4.64. The zero-order valence-electron chi connectivity index (χ0n) is 14.0. The Morgan fingerprint density at radius 3 is 2.71 bits per heavy atom. The summed E-state index contributed by atoms with van der Waals surface area (Å²) in [5.41, 5.74) is 9.84. The number of nitrogens with two attached hydrogens (primary N) is 1. The lowest BCUT2D eigenvalue weighted by Gasteiger charge is -2.17. The second-order valence-corrected chi connectivity index (χ2v) is 6.18. The van der Waals surface area contributed by atoms with Crippen LogP contribution in [0.4, 0.5) is 10.6 Å². The Labute approximate surface area is 141 Å². The van der Waals surface area contributed by atoms with Gasteiger partial charge < -0.3 is 15.8 Å². The van der Waals surface area contributed by atoms with Crippen LogP contribution >= 0.6 is 0 Å². The number of aryl methyl sites for hydroxylation is 3. The Morgan fingerprint density at radius 1 is 1.21 bits per heavy atom. The predicted octanol–water partition coefficient (Wildman–Crippen LogP) is 2.71. The molecule has 1 aliphatic rings. The second kappa shape index (κ2) is 6.86. The van der Waals surface area contributed by atoms with Crippen molar-refractivity contribution in [2.24, 2.45) is 0 Å². The minimum atomic E-state index is -0.538. The minimum absolute atomic E-state index is 0.0434. The van der Waals surface area contributed by atoms with Crippen LogP contribution in [-0.2, 0) is 12.8 Å². The maximum atomic E-state index is 12.2. The van der Waals surface area contributed by atoms with E-state index < -0.39 is 6.09 Å². The fourth-order valence-electron chi connectivity index (χ4n) is 2.99. The van der Waals surface area contributed by atoms with Gasteiger partial charge in [0.05, 0.1) is 11.4 Å². The van der Waals surface area contributed by atoms with Crippen LogP contribution in [0.2, 0.25) is 0 Å². The molecule has 126 valence electrons. The highest BCUT2D eigenvalue weighted by Crippen LogP contribution is 2.21. The Morgan fingerprint density at radius 2 is 1.92 bits per heavy atom. The Balaban J connectivity index is 1.66. The van der Waals surface area contributed by atoms with Gasteiger partial charge in [0.1, 0.15) is 0 Å². The first kappa shape index (κ1) is 16.2. The quantitative estimate of drug-likeness (QED) is 0.828. The van der Waals surface area contributed by atoms with Gasteiger partial charge in [-0.15, -0.1) is 0 Å². The fraction of sp³-hybridized carbons (Fsp3) is 0.389. The first-order chi connectivity index (χ1) is 11.5. The van der Waals surface area contributed by atoms with Crippen molar-refractivity contribution in [3.8, 4) is 5.88 Å². The lowest BCUT2D eigenvalue weighted by atomic mass is 10.0. The van der Waals surface area contributed by atoms with Crippen LogP contribution < -0.4 is 15.8 Å². The van der Waals surface area contributed by atoms with E-state index in [9.17, 15) is 4.79 Å². The van der Waals surface area contributed by atoms with Gasteiger partial charge in [-0.3, -0.25) is 0 Å². The van der Waals surface area contributed by atoms with Gasteiger partial charge >= 0.3 is 6.09 Å². The van der Waals surface area contributed by atoms with Crippen molar-refractivity contribution >= 4 is 11.9 Å². The van der Waals surface area contributed by atoms with Crippen LogP contribution in [0, 0.1) is 13.8 Å². The summed E-state index contributed by atoms with van der Waals surface area (Å²) in [6.07, 6.45) is 3.26. The highest BCUT2D eigenvalue weighted by molar-refractivity contribution is 5.71. The number of amides is 1. The smallest absolute Gasteiger partial charge is 0.387 e. The maximum absolute atomic E-state index is 12.2. The highest BCUT2D eigenvalue weighted by atomic mass is 16.6. The van der Waals surface area contributed by atoms with E-state index >= 15 is 0 Å². The van der Waals surface area contributed by atoms with E-state index in [-0.39, 0.29) is 17.7 Å². The van der Waals surface area contributed by atoms with Crippen LogP contribution in [0.25, 0.3) is 0 Å². The topological polar surface area (TPSA) is 90.1 Å². The number of hydrogen-bond acceptors (Lipinski definition) is 5. The molecule has 6 heteroatoms. The van der Waals surface area contributed by atoms with E-state index in [4.69, 9.17) is 10.5 Å². The molecule has 6 nitrogen and oxygen atoms in total. The van der Waals surface area contributed by atoms with Crippen LogP contribution in [0.15, 0.2) is 24.3 Å². The molecule has 0 bridgehead atoms. The van der Waals surface area contributed by atoms with Gasteiger partial charge in [-0.25, -0.2) is 14.8 Å². The lowest BCUT2D eigenvalue weighted by Crippen LogP contribution is -2.38. The number of carbonyl (C=O) groups is 1. The molecule has 1 atom stereocenters. The third-order valence-corrected chi connectivity index (χ3v) is 4.39. The molecule has 1 aromatic carbocycles. The number of anilines is 1. The van der Waals surface area contributed by atoms with Crippen LogP contribution in [0.3, 0.4) is 0 Å². The molecule has 1 amide bonds. The Bertz CT molecular complexity index is 761. The molecule has 1 heterocycles. The first-order valence-corrected chi connectivity index (χ1v) is 8.19. The molecule has 24 heavy (non-hydrogen) atoms.